The van der Waals surface area contributed by atoms with Crippen molar-refractivity contribution >= 4 is 50.4 Å². The Balaban J connectivity index is 1.67. The topological polar surface area (TPSA) is 46.9 Å². The average Bonchev–Trinajstić information content (AvgIpc) is 3.34. The van der Waals surface area contributed by atoms with E-state index < -0.39 is 0 Å². The third-order valence-corrected chi connectivity index (χ3v) is 6.62. The summed E-state index contributed by atoms with van der Waals surface area (Å²) in [5, 5.41) is 11.3. The van der Waals surface area contributed by atoms with Crippen LogP contribution in [0.4, 0.5) is 0 Å². The number of amides is 1. The Bertz CT molecular complexity index is 1030. The summed E-state index contributed by atoms with van der Waals surface area (Å²) in [7, 11) is 1.90. The second kappa shape index (κ2) is 6.87. The van der Waals surface area contributed by atoms with Gasteiger partial charge in [-0.2, -0.15) is 5.10 Å². The Morgan fingerprint density at radius 2 is 2.04 bits per heavy atom. The summed E-state index contributed by atoms with van der Waals surface area (Å²) < 4.78 is 1.82. The molecule has 0 fully saturated rings. The van der Waals surface area contributed by atoms with Gasteiger partial charge in [0.05, 0.1) is 16.6 Å². The quantitative estimate of drug-likeness (QED) is 0.512. The molecule has 1 unspecified atom stereocenters. The van der Waals surface area contributed by atoms with Crippen molar-refractivity contribution < 1.29 is 4.79 Å². The number of rotatable bonds is 4. The molecule has 7 heteroatoms. The number of thiophene rings is 2. The first-order chi connectivity index (χ1) is 12.5. The number of hydrogen-bond acceptors (Lipinski definition) is 4. The summed E-state index contributed by atoms with van der Waals surface area (Å²) in [5.41, 5.74) is 1.94. The Hall–Kier alpha value is -2.15. The molecule has 1 amide bonds. The maximum absolute atomic E-state index is 12.9. The lowest BCUT2D eigenvalue weighted by molar-refractivity contribution is 0.0947. The van der Waals surface area contributed by atoms with Crippen molar-refractivity contribution in [2.24, 2.45) is 7.05 Å². The fourth-order valence-electron chi connectivity index (χ4n) is 2.95. The lowest BCUT2D eigenvalue weighted by atomic mass is 10.1. The van der Waals surface area contributed by atoms with E-state index in [9.17, 15) is 4.79 Å². The van der Waals surface area contributed by atoms with Crippen molar-refractivity contribution in [3.63, 3.8) is 0 Å². The van der Waals surface area contributed by atoms with Gasteiger partial charge in [-0.25, -0.2) is 0 Å². The van der Waals surface area contributed by atoms with Crippen LogP contribution in [0.3, 0.4) is 0 Å². The summed E-state index contributed by atoms with van der Waals surface area (Å²) >= 11 is 9.09. The first-order valence-electron chi connectivity index (χ1n) is 8.06. The van der Waals surface area contributed by atoms with E-state index in [1.165, 1.54) is 11.3 Å². The van der Waals surface area contributed by atoms with Crippen LogP contribution in [-0.2, 0) is 7.05 Å². The van der Waals surface area contributed by atoms with Crippen LogP contribution in [0.1, 0.15) is 31.8 Å². The SMILES string of the molecule is Cc1nn(C)c2sc(C(=O)NC(c3ccc(Cl)cc3)c3cccs3)cc12. The zero-order valence-corrected chi connectivity index (χ0v) is 16.6. The maximum atomic E-state index is 12.9. The minimum absolute atomic E-state index is 0.0843. The highest BCUT2D eigenvalue weighted by atomic mass is 35.5. The first-order valence-corrected chi connectivity index (χ1v) is 10.1. The molecule has 4 aromatic rings. The third kappa shape index (κ3) is 3.16. The molecule has 1 aromatic carbocycles. The molecule has 0 aliphatic heterocycles. The maximum Gasteiger partial charge on any atom is 0.262 e. The molecule has 0 radical (unpaired) electrons. The van der Waals surface area contributed by atoms with Crippen molar-refractivity contribution in [2.75, 3.05) is 0 Å². The second-order valence-electron chi connectivity index (χ2n) is 6.01. The molecule has 0 aliphatic carbocycles. The molecular weight excluding hydrogens is 386 g/mol. The van der Waals surface area contributed by atoms with Gasteiger partial charge in [-0.05, 0) is 42.1 Å². The van der Waals surface area contributed by atoms with E-state index >= 15 is 0 Å². The Morgan fingerprint density at radius 1 is 1.27 bits per heavy atom. The molecule has 0 spiro atoms. The van der Waals surface area contributed by atoms with E-state index in [0.717, 1.165) is 26.4 Å². The van der Waals surface area contributed by atoms with Gasteiger partial charge >= 0.3 is 0 Å². The molecule has 26 heavy (non-hydrogen) atoms. The highest BCUT2D eigenvalue weighted by Crippen LogP contribution is 2.30. The number of nitrogens with one attached hydrogen (secondary N) is 1. The largest absolute Gasteiger partial charge is 0.340 e. The van der Waals surface area contributed by atoms with Gasteiger partial charge in [0.15, 0.2) is 0 Å². The number of nitrogens with zero attached hydrogens (tertiary/aromatic N) is 2. The Labute approximate surface area is 164 Å². The van der Waals surface area contributed by atoms with E-state index in [1.54, 1.807) is 11.3 Å². The number of hydrogen-bond donors (Lipinski definition) is 1. The van der Waals surface area contributed by atoms with Crippen molar-refractivity contribution in [1.29, 1.82) is 0 Å². The summed E-state index contributed by atoms with van der Waals surface area (Å²) in [6.45, 7) is 1.96. The van der Waals surface area contributed by atoms with E-state index in [4.69, 9.17) is 11.6 Å². The number of aryl methyl sites for hydroxylation is 2. The minimum Gasteiger partial charge on any atom is -0.340 e. The molecule has 3 heterocycles. The molecule has 0 saturated heterocycles. The molecule has 4 rings (SSSR count). The van der Waals surface area contributed by atoms with Crippen LogP contribution in [0.15, 0.2) is 47.8 Å². The number of aromatic nitrogens is 2. The number of carbonyl (C=O) groups excluding carboxylic acids is 1. The summed E-state index contributed by atoms with van der Waals surface area (Å²) in [4.78, 5) is 15.7. The number of carbonyl (C=O) groups is 1. The smallest absolute Gasteiger partial charge is 0.262 e. The van der Waals surface area contributed by atoms with Gasteiger partial charge in [-0.3, -0.25) is 9.48 Å². The average molecular weight is 402 g/mol. The molecular formula is C19H16ClN3OS2. The monoisotopic (exact) mass is 401 g/mol. The first kappa shape index (κ1) is 17.3. The summed E-state index contributed by atoms with van der Waals surface area (Å²) in [5.74, 6) is -0.0843. The molecule has 0 aliphatic rings. The predicted molar refractivity (Wildman–Crippen MR) is 108 cm³/mol. The lowest BCUT2D eigenvalue weighted by Crippen LogP contribution is -2.28. The van der Waals surface area contributed by atoms with Gasteiger partial charge in [-0.1, -0.05) is 29.8 Å². The highest BCUT2D eigenvalue weighted by molar-refractivity contribution is 7.20. The Kier molecular flexibility index (Phi) is 4.56. The van der Waals surface area contributed by atoms with Crippen LogP contribution >= 0.6 is 34.3 Å². The van der Waals surface area contributed by atoms with E-state index in [1.807, 2.05) is 66.5 Å². The van der Waals surface area contributed by atoms with Gasteiger partial charge < -0.3 is 5.32 Å². The zero-order valence-electron chi connectivity index (χ0n) is 14.2. The molecule has 132 valence electrons. The summed E-state index contributed by atoms with van der Waals surface area (Å²) in [6, 6.07) is 13.3. The van der Waals surface area contributed by atoms with E-state index in [0.29, 0.717) is 9.90 Å². The standard InChI is InChI=1S/C19H16ClN3OS2/c1-11-14-10-16(26-19(14)23(2)22-11)18(24)21-17(15-4-3-9-25-15)12-5-7-13(20)8-6-12/h3-10,17H,1-2H3,(H,21,24). The van der Waals surface area contributed by atoms with Crippen molar-refractivity contribution in [3.8, 4) is 0 Å². The van der Waals surface area contributed by atoms with Gasteiger partial charge in [-0.15, -0.1) is 22.7 Å². The molecule has 0 saturated carbocycles. The van der Waals surface area contributed by atoms with Crippen LogP contribution < -0.4 is 5.32 Å². The fourth-order valence-corrected chi connectivity index (χ4v) is 4.90. The zero-order chi connectivity index (χ0) is 18.3. The van der Waals surface area contributed by atoms with Gasteiger partial charge in [0.1, 0.15) is 4.83 Å². The highest BCUT2D eigenvalue weighted by Gasteiger charge is 2.21. The molecule has 0 bridgehead atoms. The summed E-state index contributed by atoms with van der Waals surface area (Å²) in [6.07, 6.45) is 0. The number of benzene rings is 1. The van der Waals surface area contributed by atoms with Crippen LogP contribution in [-0.4, -0.2) is 15.7 Å². The van der Waals surface area contributed by atoms with Crippen LogP contribution in [0, 0.1) is 6.92 Å². The van der Waals surface area contributed by atoms with Gasteiger partial charge in [0, 0.05) is 22.3 Å². The van der Waals surface area contributed by atoms with Crippen LogP contribution in [0.2, 0.25) is 5.02 Å². The Morgan fingerprint density at radius 3 is 2.69 bits per heavy atom. The van der Waals surface area contributed by atoms with Crippen molar-refractivity contribution in [2.45, 2.75) is 13.0 Å². The lowest BCUT2D eigenvalue weighted by Gasteiger charge is -2.17. The molecule has 4 nitrogen and oxygen atoms in total. The third-order valence-electron chi connectivity index (χ3n) is 4.23. The molecule has 1 atom stereocenters. The fraction of sp³-hybridized carbons (Fsp3) is 0.158. The molecule has 3 aromatic heterocycles. The van der Waals surface area contributed by atoms with Gasteiger partial charge in [0.25, 0.3) is 5.91 Å². The van der Waals surface area contributed by atoms with Crippen LogP contribution in [0.5, 0.6) is 0 Å². The predicted octanol–water partition coefficient (Wildman–Crippen LogP) is 5.18. The number of fused-ring (bicyclic) bond motifs is 1. The molecule has 1 N–H and O–H groups in total. The van der Waals surface area contributed by atoms with Crippen molar-refractivity contribution in [1.82, 2.24) is 15.1 Å². The van der Waals surface area contributed by atoms with Crippen molar-refractivity contribution in [3.05, 3.63) is 73.9 Å². The van der Waals surface area contributed by atoms with E-state index in [2.05, 4.69) is 10.4 Å². The minimum atomic E-state index is -0.204. The van der Waals surface area contributed by atoms with Crippen LogP contribution in [0.25, 0.3) is 10.2 Å². The number of halogens is 1. The van der Waals surface area contributed by atoms with E-state index in [-0.39, 0.29) is 11.9 Å². The second-order valence-corrected chi connectivity index (χ2v) is 8.46. The normalized spacial score (nSPS) is 12.4. The van der Waals surface area contributed by atoms with Gasteiger partial charge in [0.2, 0.25) is 0 Å².